The van der Waals surface area contributed by atoms with Gasteiger partial charge < -0.3 is 15.2 Å². The monoisotopic (exact) mass is 299 g/mol. The fourth-order valence-electron chi connectivity index (χ4n) is 3.06. The van der Waals surface area contributed by atoms with Crippen LogP contribution in [0.2, 0.25) is 0 Å². The van der Waals surface area contributed by atoms with Crippen LogP contribution in [0.15, 0.2) is 6.07 Å². The van der Waals surface area contributed by atoms with E-state index in [2.05, 4.69) is 25.3 Å². The van der Waals surface area contributed by atoms with Gasteiger partial charge in [0.25, 0.3) is 5.91 Å². The van der Waals surface area contributed by atoms with E-state index < -0.39 is 0 Å². The van der Waals surface area contributed by atoms with Crippen LogP contribution in [0, 0.1) is 13.8 Å². The predicted octanol–water partition coefficient (Wildman–Crippen LogP) is 2.67. The normalized spacial score (nSPS) is 16.4. The summed E-state index contributed by atoms with van der Waals surface area (Å²) in [5.41, 5.74) is 8.97. The maximum absolute atomic E-state index is 12.6. The molecule has 1 amide bonds. The maximum atomic E-state index is 12.6. The Morgan fingerprint density at radius 1 is 1.30 bits per heavy atom. The molecule has 0 saturated carbocycles. The fourth-order valence-corrected chi connectivity index (χ4v) is 3.06. The van der Waals surface area contributed by atoms with Gasteiger partial charge >= 0.3 is 0 Å². The first-order valence-electron chi connectivity index (χ1n) is 7.15. The van der Waals surface area contributed by atoms with Crippen molar-refractivity contribution in [3.8, 4) is 0 Å². The zero-order valence-electron chi connectivity index (χ0n) is 12.8. The molecule has 0 spiro atoms. The highest BCUT2D eigenvalue weighted by molar-refractivity contribution is 5.95. The number of aryl methyl sites for hydroxylation is 1. The van der Waals surface area contributed by atoms with Crippen LogP contribution in [0.3, 0.4) is 0 Å². The number of aromatic nitrogens is 1. The summed E-state index contributed by atoms with van der Waals surface area (Å²) in [6.45, 7) is 9.96. The lowest BCUT2D eigenvalue weighted by Crippen LogP contribution is -2.43. The molecule has 1 aromatic heterocycles. The lowest BCUT2D eigenvalue weighted by atomic mass is 10.1. The van der Waals surface area contributed by atoms with Crippen LogP contribution < -0.4 is 5.73 Å². The number of amides is 1. The molecule has 5 heteroatoms. The van der Waals surface area contributed by atoms with E-state index in [0.29, 0.717) is 6.04 Å². The summed E-state index contributed by atoms with van der Waals surface area (Å²) < 4.78 is 2.23. The summed E-state index contributed by atoms with van der Waals surface area (Å²) in [6.07, 6.45) is 1.82. The van der Waals surface area contributed by atoms with Gasteiger partial charge in [0, 0.05) is 36.6 Å². The van der Waals surface area contributed by atoms with Gasteiger partial charge in [-0.25, -0.2) is 0 Å². The number of carbonyl (C=O) groups excluding carboxylic acids is 1. The summed E-state index contributed by atoms with van der Waals surface area (Å²) >= 11 is 0. The molecule has 4 nitrogen and oxygen atoms in total. The summed E-state index contributed by atoms with van der Waals surface area (Å²) in [6, 6.07) is 2.66. The quantitative estimate of drug-likeness (QED) is 0.913. The van der Waals surface area contributed by atoms with Crippen LogP contribution in [0.1, 0.15) is 54.5 Å². The number of nitrogens with two attached hydrogens (primary N) is 1. The standard InChI is InChI=1S/C15H25N3O.ClH/c1-10(2)18-11(3)9-14(12(18)4)15(19)17-7-5-13(16)6-8-17;/h9-10,13H,5-8,16H2,1-4H3;1H. The average Bonchev–Trinajstić information content (AvgIpc) is 2.65. The Bertz CT molecular complexity index is 474. The average molecular weight is 300 g/mol. The lowest BCUT2D eigenvalue weighted by molar-refractivity contribution is 0.0714. The number of nitrogens with zero attached hydrogens (tertiary/aromatic N) is 2. The zero-order chi connectivity index (χ0) is 14.2. The van der Waals surface area contributed by atoms with Crippen LogP contribution in [-0.2, 0) is 0 Å². The molecule has 0 atom stereocenters. The molecular weight excluding hydrogens is 274 g/mol. The third-order valence-electron chi connectivity index (χ3n) is 4.06. The Hall–Kier alpha value is -1.000. The molecule has 0 bridgehead atoms. The van der Waals surface area contributed by atoms with Crippen molar-refractivity contribution in [2.75, 3.05) is 13.1 Å². The van der Waals surface area contributed by atoms with Gasteiger partial charge in [-0.1, -0.05) is 0 Å². The van der Waals surface area contributed by atoms with E-state index in [1.54, 1.807) is 0 Å². The molecule has 0 aromatic carbocycles. The topological polar surface area (TPSA) is 51.3 Å². The second kappa shape index (κ2) is 6.64. The number of hydrogen-bond acceptors (Lipinski definition) is 2. The van der Waals surface area contributed by atoms with Crippen LogP contribution in [0.5, 0.6) is 0 Å². The van der Waals surface area contributed by atoms with Gasteiger partial charge in [0.15, 0.2) is 0 Å². The highest BCUT2D eigenvalue weighted by Gasteiger charge is 2.25. The Morgan fingerprint density at radius 3 is 2.30 bits per heavy atom. The van der Waals surface area contributed by atoms with Crippen molar-refractivity contribution in [3.05, 3.63) is 23.0 Å². The minimum atomic E-state index is 0. The largest absolute Gasteiger partial charge is 0.346 e. The van der Waals surface area contributed by atoms with Crippen LogP contribution >= 0.6 is 12.4 Å². The molecule has 2 N–H and O–H groups in total. The Kier molecular flexibility index (Phi) is 5.66. The second-order valence-electron chi connectivity index (χ2n) is 5.88. The van der Waals surface area contributed by atoms with Gasteiger partial charge in [0.05, 0.1) is 5.56 Å². The Labute approximate surface area is 127 Å². The summed E-state index contributed by atoms with van der Waals surface area (Å²) in [5, 5.41) is 0. The maximum Gasteiger partial charge on any atom is 0.255 e. The van der Waals surface area contributed by atoms with Crippen molar-refractivity contribution in [1.82, 2.24) is 9.47 Å². The molecule has 1 aromatic rings. The zero-order valence-corrected chi connectivity index (χ0v) is 13.7. The number of hydrogen-bond donors (Lipinski definition) is 1. The van der Waals surface area contributed by atoms with Gasteiger partial charge in [-0.15, -0.1) is 12.4 Å². The predicted molar refractivity (Wildman–Crippen MR) is 84.7 cm³/mol. The Morgan fingerprint density at radius 2 is 1.85 bits per heavy atom. The molecule has 20 heavy (non-hydrogen) atoms. The van der Waals surface area contributed by atoms with Gasteiger partial charge in [-0.2, -0.15) is 0 Å². The van der Waals surface area contributed by atoms with E-state index in [4.69, 9.17) is 5.73 Å². The van der Waals surface area contributed by atoms with Crippen molar-refractivity contribution in [2.24, 2.45) is 5.73 Å². The minimum absolute atomic E-state index is 0. The summed E-state index contributed by atoms with van der Waals surface area (Å²) in [5.74, 6) is 0.159. The molecule has 0 unspecified atom stereocenters. The first-order valence-corrected chi connectivity index (χ1v) is 7.15. The third-order valence-corrected chi connectivity index (χ3v) is 4.06. The lowest BCUT2D eigenvalue weighted by Gasteiger charge is -2.30. The van der Waals surface area contributed by atoms with Gasteiger partial charge in [-0.05, 0) is 46.6 Å². The molecule has 1 aliphatic heterocycles. The first-order chi connectivity index (χ1) is 8.91. The smallest absolute Gasteiger partial charge is 0.255 e. The van der Waals surface area contributed by atoms with E-state index in [-0.39, 0.29) is 24.4 Å². The highest BCUT2D eigenvalue weighted by atomic mass is 35.5. The molecular formula is C15H26ClN3O. The van der Waals surface area contributed by atoms with E-state index >= 15 is 0 Å². The van der Waals surface area contributed by atoms with E-state index in [0.717, 1.165) is 42.9 Å². The summed E-state index contributed by atoms with van der Waals surface area (Å²) in [4.78, 5) is 14.5. The first kappa shape index (κ1) is 17.1. The molecule has 0 aliphatic carbocycles. The number of halogens is 1. The number of piperidine rings is 1. The third kappa shape index (κ3) is 3.18. The molecule has 114 valence electrons. The van der Waals surface area contributed by atoms with Crippen molar-refractivity contribution in [1.29, 1.82) is 0 Å². The minimum Gasteiger partial charge on any atom is -0.346 e. The van der Waals surface area contributed by atoms with E-state index in [9.17, 15) is 4.79 Å². The van der Waals surface area contributed by atoms with E-state index in [1.807, 2.05) is 17.9 Å². The SMILES string of the molecule is Cc1cc(C(=O)N2CCC(N)CC2)c(C)n1C(C)C.Cl. The van der Waals surface area contributed by atoms with Crippen molar-refractivity contribution in [2.45, 2.75) is 52.6 Å². The molecule has 1 saturated heterocycles. The fraction of sp³-hybridized carbons (Fsp3) is 0.667. The second-order valence-corrected chi connectivity index (χ2v) is 5.88. The molecule has 0 radical (unpaired) electrons. The van der Waals surface area contributed by atoms with Crippen LogP contribution in [0.4, 0.5) is 0 Å². The molecule has 2 rings (SSSR count). The molecule has 2 heterocycles. The van der Waals surface area contributed by atoms with Crippen LogP contribution in [0.25, 0.3) is 0 Å². The molecule has 1 aliphatic rings. The van der Waals surface area contributed by atoms with Crippen LogP contribution in [-0.4, -0.2) is 34.5 Å². The number of rotatable bonds is 2. The van der Waals surface area contributed by atoms with Crippen molar-refractivity contribution < 1.29 is 4.79 Å². The van der Waals surface area contributed by atoms with Gasteiger partial charge in [0.2, 0.25) is 0 Å². The number of likely N-dealkylation sites (tertiary alicyclic amines) is 1. The van der Waals surface area contributed by atoms with Gasteiger partial charge in [0.1, 0.15) is 0 Å². The number of carbonyl (C=O) groups is 1. The highest BCUT2D eigenvalue weighted by Crippen LogP contribution is 2.22. The molecule has 1 fully saturated rings. The Balaban J connectivity index is 0.00000200. The van der Waals surface area contributed by atoms with Crippen molar-refractivity contribution in [3.63, 3.8) is 0 Å². The van der Waals surface area contributed by atoms with Crippen molar-refractivity contribution >= 4 is 18.3 Å². The van der Waals surface area contributed by atoms with E-state index in [1.165, 1.54) is 0 Å². The summed E-state index contributed by atoms with van der Waals surface area (Å²) in [7, 11) is 0. The van der Waals surface area contributed by atoms with Gasteiger partial charge in [-0.3, -0.25) is 4.79 Å².